The highest BCUT2D eigenvalue weighted by Crippen LogP contribution is 2.52. The maximum atomic E-state index is 12.4. The Labute approximate surface area is 178 Å². The van der Waals surface area contributed by atoms with E-state index in [-0.39, 0.29) is 23.4 Å². The fraction of sp³-hybridized carbons (Fsp3) is 0.520. The lowest BCUT2D eigenvalue weighted by molar-refractivity contribution is -0.151. The van der Waals surface area contributed by atoms with E-state index in [2.05, 4.69) is 49.8 Å². The fourth-order valence-electron chi connectivity index (χ4n) is 4.82. The van der Waals surface area contributed by atoms with Crippen LogP contribution < -0.4 is 10.3 Å². The molecule has 160 valence electrons. The number of aryl methyl sites for hydroxylation is 1. The molecule has 5 nitrogen and oxygen atoms in total. The van der Waals surface area contributed by atoms with Crippen LogP contribution >= 0.6 is 0 Å². The van der Waals surface area contributed by atoms with Crippen molar-refractivity contribution in [3.8, 4) is 16.9 Å². The normalized spacial score (nSPS) is 27.6. The highest BCUT2D eigenvalue weighted by Gasteiger charge is 2.49. The predicted octanol–water partition coefficient (Wildman–Crippen LogP) is 5.50. The quantitative estimate of drug-likeness (QED) is 0.679. The molecule has 30 heavy (non-hydrogen) atoms. The molecular weight excluding hydrogens is 376 g/mol. The van der Waals surface area contributed by atoms with Gasteiger partial charge in [-0.25, -0.2) is 4.98 Å². The van der Waals surface area contributed by atoms with Crippen molar-refractivity contribution in [2.45, 2.75) is 78.1 Å². The van der Waals surface area contributed by atoms with Gasteiger partial charge in [-0.15, -0.1) is 0 Å². The van der Waals surface area contributed by atoms with Gasteiger partial charge in [-0.2, -0.15) is 0 Å². The molecule has 5 heteroatoms. The van der Waals surface area contributed by atoms with E-state index in [0.717, 1.165) is 42.6 Å². The predicted molar refractivity (Wildman–Crippen MR) is 119 cm³/mol. The zero-order chi connectivity index (χ0) is 21.5. The SMILES string of the molecule is CC(C)=CCC[C@]1(C)Oc2cc(-c3cnc(C)[nH]c3=O)ccc2[C@@H]2O[C@H](C)CC[C@H]21. The van der Waals surface area contributed by atoms with Crippen LogP contribution in [0, 0.1) is 12.8 Å². The monoisotopic (exact) mass is 408 g/mol. The summed E-state index contributed by atoms with van der Waals surface area (Å²) in [7, 11) is 0. The second kappa shape index (κ2) is 8.03. The first kappa shape index (κ1) is 20.9. The van der Waals surface area contributed by atoms with Crippen molar-refractivity contribution in [1.29, 1.82) is 0 Å². The highest BCUT2D eigenvalue weighted by molar-refractivity contribution is 5.65. The van der Waals surface area contributed by atoms with E-state index < -0.39 is 0 Å². The Bertz CT molecular complexity index is 1020. The largest absolute Gasteiger partial charge is 0.487 e. The first-order chi connectivity index (χ1) is 14.3. The first-order valence-corrected chi connectivity index (χ1v) is 10.9. The average Bonchev–Trinajstić information content (AvgIpc) is 2.67. The van der Waals surface area contributed by atoms with Gasteiger partial charge >= 0.3 is 0 Å². The van der Waals surface area contributed by atoms with Gasteiger partial charge < -0.3 is 14.5 Å². The van der Waals surface area contributed by atoms with Crippen LogP contribution in [0.5, 0.6) is 5.75 Å². The number of nitrogens with zero attached hydrogens (tertiary/aromatic N) is 1. The number of hydrogen-bond acceptors (Lipinski definition) is 4. The topological polar surface area (TPSA) is 64.2 Å². The Morgan fingerprint density at radius 3 is 2.87 bits per heavy atom. The summed E-state index contributed by atoms with van der Waals surface area (Å²) in [6.45, 7) is 10.4. The van der Waals surface area contributed by atoms with Crippen molar-refractivity contribution < 1.29 is 9.47 Å². The molecule has 4 atom stereocenters. The Morgan fingerprint density at radius 1 is 1.33 bits per heavy atom. The van der Waals surface area contributed by atoms with Crippen LogP contribution in [0.2, 0.25) is 0 Å². The molecule has 1 fully saturated rings. The minimum atomic E-state index is -0.305. The van der Waals surface area contributed by atoms with E-state index in [9.17, 15) is 4.79 Å². The molecular formula is C25H32N2O3. The Morgan fingerprint density at radius 2 is 2.13 bits per heavy atom. The maximum Gasteiger partial charge on any atom is 0.258 e. The van der Waals surface area contributed by atoms with Gasteiger partial charge in [-0.05, 0) is 71.9 Å². The molecule has 0 saturated carbocycles. The van der Waals surface area contributed by atoms with E-state index in [4.69, 9.17) is 9.47 Å². The highest BCUT2D eigenvalue weighted by atomic mass is 16.5. The number of aromatic amines is 1. The van der Waals surface area contributed by atoms with E-state index in [1.165, 1.54) is 5.57 Å². The van der Waals surface area contributed by atoms with Crippen LogP contribution in [0.25, 0.3) is 11.1 Å². The Kier molecular flexibility index (Phi) is 5.58. The summed E-state index contributed by atoms with van der Waals surface area (Å²) in [5.41, 5.74) is 3.35. The summed E-state index contributed by atoms with van der Waals surface area (Å²) in [5, 5.41) is 0. The summed E-state index contributed by atoms with van der Waals surface area (Å²) in [5.74, 6) is 1.75. The molecule has 0 amide bonds. The molecule has 4 rings (SSSR count). The molecule has 0 spiro atoms. The van der Waals surface area contributed by atoms with E-state index in [1.807, 2.05) is 12.1 Å². The van der Waals surface area contributed by atoms with Crippen molar-refractivity contribution in [3.05, 3.63) is 57.8 Å². The zero-order valence-corrected chi connectivity index (χ0v) is 18.6. The van der Waals surface area contributed by atoms with E-state index >= 15 is 0 Å². The molecule has 1 aromatic heterocycles. The molecule has 0 bridgehead atoms. The molecule has 0 radical (unpaired) electrons. The van der Waals surface area contributed by atoms with Crippen LogP contribution in [0.15, 0.2) is 40.8 Å². The second-order valence-electron chi connectivity index (χ2n) is 9.25. The summed E-state index contributed by atoms with van der Waals surface area (Å²) in [4.78, 5) is 19.5. The zero-order valence-electron chi connectivity index (χ0n) is 18.6. The molecule has 0 aliphatic carbocycles. The van der Waals surface area contributed by atoms with Gasteiger partial charge in [0.2, 0.25) is 0 Å². The molecule has 0 unspecified atom stereocenters. The Balaban J connectivity index is 1.74. The van der Waals surface area contributed by atoms with Crippen molar-refractivity contribution in [2.24, 2.45) is 5.92 Å². The maximum absolute atomic E-state index is 12.4. The lowest BCUT2D eigenvalue weighted by atomic mass is 9.72. The van der Waals surface area contributed by atoms with E-state index in [1.54, 1.807) is 13.1 Å². The number of allylic oxidation sites excluding steroid dienone is 2. The number of benzene rings is 1. The van der Waals surface area contributed by atoms with Crippen molar-refractivity contribution in [3.63, 3.8) is 0 Å². The number of aromatic nitrogens is 2. The third kappa shape index (κ3) is 3.95. The third-order valence-corrected chi connectivity index (χ3v) is 6.51. The first-order valence-electron chi connectivity index (χ1n) is 10.9. The summed E-state index contributed by atoms with van der Waals surface area (Å²) >= 11 is 0. The minimum Gasteiger partial charge on any atom is -0.487 e. The van der Waals surface area contributed by atoms with Crippen LogP contribution in [0.3, 0.4) is 0 Å². The van der Waals surface area contributed by atoms with Gasteiger partial charge in [0, 0.05) is 17.7 Å². The molecule has 2 aromatic rings. The molecule has 2 aliphatic heterocycles. The smallest absolute Gasteiger partial charge is 0.258 e. The Hall–Kier alpha value is -2.40. The molecule has 1 N–H and O–H groups in total. The van der Waals surface area contributed by atoms with Crippen LogP contribution in [0.1, 0.15) is 70.9 Å². The number of hydrogen-bond donors (Lipinski definition) is 1. The molecule has 1 saturated heterocycles. The number of fused-ring (bicyclic) bond motifs is 3. The average molecular weight is 409 g/mol. The van der Waals surface area contributed by atoms with Crippen LogP contribution in [0.4, 0.5) is 0 Å². The lowest BCUT2D eigenvalue weighted by Crippen LogP contribution is -2.50. The number of nitrogens with one attached hydrogen (secondary N) is 1. The summed E-state index contributed by atoms with van der Waals surface area (Å²) < 4.78 is 13.1. The lowest BCUT2D eigenvalue weighted by Gasteiger charge is -2.50. The van der Waals surface area contributed by atoms with Gasteiger partial charge in [0.05, 0.1) is 17.8 Å². The molecule has 2 aliphatic rings. The third-order valence-electron chi connectivity index (χ3n) is 6.51. The van der Waals surface area contributed by atoms with Gasteiger partial charge in [0.1, 0.15) is 17.2 Å². The summed E-state index contributed by atoms with van der Waals surface area (Å²) in [6, 6.07) is 6.03. The van der Waals surface area contributed by atoms with Gasteiger partial charge in [0.15, 0.2) is 0 Å². The van der Waals surface area contributed by atoms with E-state index in [0.29, 0.717) is 17.3 Å². The number of H-pyrrole nitrogens is 1. The van der Waals surface area contributed by atoms with Crippen molar-refractivity contribution in [1.82, 2.24) is 9.97 Å². The van der Waals surface area contributed by atoms with Crippen LogP contribution in [-0.4, -0.2) is 21.7 Å². The van der Waals surface area contributed by atoms with Gasteiger partial charge in [0.25, 0.3) is 5.56 Å². The standard InChI is InChI=1S/C25H32N2O3/c1-15(2)7-6-12-25(5)21-11-8-16(3)29-23(21)19-10-9-18(13-22(19)30-25)20-14-26-17(4)27-24(20)28/h7,9-10,13-14,16,21,23H,6,8,11-12H2,1-5H3,(H,26,27,28)/t16-,21-,23+,25+/m1/s1. The number of rotatable bonds is 4. The minimum absolute atomic E-state index is 0.0256. The number of ether oxygens (including phenoxy) is 2. The second-order valence-corrected chi connectivity index (χ2v) is 9.25. The van der Waals surface area contributed by atoms with Crippen LogP contribution in [-0.2, 0) is 4.74 Å². The summed E-state index contributed by atoms with van der Waals surface area (Å²) in [6.07, 6.45) is 8.25. The van der Waals surface area contributed by atoms with Gasteiger partial charge in [-0.3, -0.25) is 4.79 Å². The van der Waals surface area contributed by atoms with Crippen molar-refractivity contribution in [2.75, 3.05) is 0 Å². The molecule has 1 aromatic carbocycles. The van der Waals surface area contributed by atoms with Crippen molar-refractivity contribution >= 4 is 0 Å². The molecule has 3 heterocycles. The fourth-order valence-corrected chi connectivity index (χ4v) is 4.82. The van der Waals surface area contributed by atoms with Gasteiger partial charge in [-0.1, -0.05) is 23.8 Å².